The van der Waals surface area contributed by atoms with Gasteiger partial charge in [-0.05, 0) is 69.2 Å². The highest BCUT2D eigenvalue weighted by Gasteiger charge is 2.60. The number of methoxy groups -OCH3 is 3. The van der Waals surface area contributed by atoms with Crippen molar-refractivity contribution in [3.8, 4) is 0 Å². The van der Waals surface area contributed by atoms with Gasteiger partial charge in [0, 0.05) is 58.8 Å². The summed E-state index contributed by atoms with van der Waals surface area (Å²) in [6.45, 7) is 16.5. The average Bonchev–Trinajstić information content (AvgIpc) is 3.62. The number of carbonyl (C=O) groups is 1. The largest absolute Gasteiger partial charge is 0.462 e. The zero-order chi connectivity index (χ0) is 47.5. The molecule has 0 amide bonds. The van der Waals surface area contributed by atoms with Gasteiger partial charge < -0.3 is 67.1 Å². The SMILES string of the molecule is CCCC(C)[C@H]1O[C@]2(C=C[C@@H]1C)C[C@@H]1C[C@@H](CC=C(C)[C@@H](OC3C[C@H](OC)[C@@H](O[C@H]4C[C@H](OC)[C@H](OCOC)[C@H](C)O4)[C@H](C)O3)C(C)C=CC=C3CO[C@@H]4[C@H](O)C(C)=C[C@@H](C(=O)O1)[C@]34O)O2. The van der Waals surface area contributed by atoms with Gasteiger partial charge in [-0.15, -0.1) is 0 Å². The lowest BCUT2D eigenvalue weighted by Gasteiger charge is -2.48. The number of hydrogen-bond donors (Lipinski definition) is 2. The first kappa shape index (κ1) is 51.5. The molecule has 1 spiro atoms. The molecule has 20 atom stereocenters. The topological polar surface area (TPSA) is 168 Å². The first-order valence-electron chi connectivity index (χ1n) is 24.3. The minimum absolute atomic E-state index is 0.0336. The normalized spacial score (nSPS) is 44.8. The third kappa shape index (κ3) is 11.0. The first-order chi connectivity index (χ1) is 31.5. The maximum absolute atomic E-state index is 14.4. The Balaban J connectivity index is 1.16. The Kier molecular flexibility index (Phi) is 17.3. The molecule has 66 heavy (non-hydrogen) atoms. The number of rotatable bonds is 12. The van der Waals surface area contributed by atoms with Gasteiger partial charge >= 0.3 is 5.97 Å². The summed E-state index contributed by atoms with van der Waals surface area (Å²) in [6, 6.07) is 0. The van der Waals surface area contributed by atoms with Crippen molar-refractivity contribution in [3.63, 3.8) is 0 Å². The van der Waals surface area contributed by atoms with Crippen LogP contribution in [0.15, 0.2) is 59.3 Å². The summed E-state index contributed by atoms with van der Waals surface area (Å²) in [6.07, 6.45) is 10.7. The fourth-order valence-corrected chi connectivity index (χ4v) is 11.3. The van der Waals surface area contributed by atoms with Crippen LogP contribution in [0.2, 0.25) is 0 Å². The summed E-state index contributed by atoms with van der Waals surface area (Å²) in [5.74, 6) is -2.54. The molecule has 15 nitrogen and oxygen atoms in total. The van der Waals surface area contributed by atoms with Gasteiger partial charge in [0.2, 0.25) is 0 Å². The molecule has 6 heterocycles. The number of ether oxygens (including phenoxy) is 12. The lowest BCUT2D eigenvalue weighted by Crippen LogP contribution is -2.58. The van der Waals surface area contributed by atoms with Gasteiger partial charge in [0.1, 0.15) is 48.8 Å². The van der Waals surface area contributed by atoms with E-state index in [4.69, 9.17) is 56.8 Å². The third-order valence-electron chi connectivity index (χ3n) is 14.9. The van der Waals surface area contributed by atoms with Crippen LogP contribution in [0.4, 0.5) is 0 Å². The number of fused-ring (bicyclic) bond motifs is 2. The predicted octanol–water partition coefficient (Wildman–Crippen LogP) is 6.40. The molecule has 1 aliphatic carbocycles. The second kappa shape index (κ2) is 22.2. The Morgan fingerprint density at radius 1 is 0.879 bits per heavy atom. The van der Waals surface area contributed by atoms with E-state index in [9.17, 15) is 15.0 Å². The van der Waals surface area contributed by atoms with Gasteiger partial charge in [0.25, 0.3) is 0 Å². The van der Waals surface area contributed by atoms with Crippen LogP contribution in [0.5, 0.6) is 0 Å². The van der Waals surface area contributed by atoms with Crippen molar-refractivity contribution in [1.29, 1.82) is 0 Å². The van der Waals surface area contributed by atoms with Crippen molar-refractivity contribution < 1.29 is 71.8 Å². The van der Waals surface area contributed by atoms with E-state index in [1.165, 1.54) is 0 Å². The van der Waals surface area contributed by atoms with Crippen LogP contribution in [0.1, 0.15) is 100 Å². The zero-order valence-electron chi connectivity index (χ0n) is 41.0. The Bertz CT molecular complexity index is 1800. The molecule has 3 unspecified atom stereocenters. The molecular formula is C51H78O15. The van der Waals surface area contributed by atoms with E-state index in [1.807, 2.05) is 32.1 Å². The monoisotopic (exact) mass is 931 g/mol. The van der Waals surface area contributed by atoms with Gasteiger partial charge in [-0.2, -0.15) is 0 Å². The summed E-state index contributed by atoms with van der Waals surface area (Å²) in [7, 11) is 4.90. The second-order valence-corrected chi connectivity index (χ2v) is 19.9. The molecule has 0 aromatic heterocycles. The van der Waals surface area contributed by atoms with Gasteiger partial charge in [-0.1, -0.05) is 70.6 Å². The lowest BCUT2D eigenvalue weighted by atomic mass is 9.71. The van der Waals surface area contributed by atoms with Gasteiger partial charge in [-0.3, -0.25) is 4.79 Å². The molecule has 6 aliphatic heterocycles. The van der Waals surface area contributed by atoms with E-state index in [0.717, 1.165) is 18.4 Å². The molecule has 4 saturated heterocycles. The van der Waals surface area contributed by atoms with Crippen molar-refractivity contribution in [2.24, 2.45) is 23.7 Å². The highest BCUT2D eigenvalue weighted by atomic mass is 16.7. The molecule has 0 aromatic carbocycles. The van der Waals surface area contributed by atoms with Crippen molar-refractivity contribution in [3.05, 3.63) is 59.3 Å². The fourth-order valence-electron chi connectivity index (χ4n) is 11.3. The van der Waals surface area contributed by atoms with Crippen LogP contribution in [-0.4, -0.2) is 148 Å². The van der Waals surface area contributed by atoms with E-state index >= 15 is 0 Å². The number of hydrogen-bond acceptors (Lipinski definition) is 15. The number of aliphatic hydroxyl groups excluding tert-OH is 1. The van der Waals surface area contributed by atoms with Crippen molar-refractivity contribution in [2.75, 3.05) is 34.7 Å². The Morgan fingerprint density at radius 2 is 1.58 bits per heavy atom. The smallest absolute Gasteiger partial charge is 0.316 e. The molecule has 0 saturated carbocycles. The Morgan fingerprint density at radius 3 is 2.27 bits per heavy atom. The Labute approximate surface area is 392 Å². The van der Waals surface area contributed by atoms with E-state index in [-0.39, 0.29) is 67.8 Å². The van der Waals surface area contributed by atoms with Crippen LogP contribution in [-0.2, 0) is 61.6 Å². The van der Waals surface area contributed by atoms with Crippen LogP contribution in [0, 0.1) is 23.7 Å². The maximum Gasteiger partial charge on any atom is 0.316 e. The van der Waals surface area contributed by atoms with Crippen molar-refractivity contribution in [2.45, 2.75) is 198 Å². The van der Waals surface area contributed by atoms with E-state index in [1.54, 1.807) is 40.4 Å². The predicted molar refractivity (Wildman–Crippen MR) is 243 cm³/mol. The third-order valence-corrected chi connectivity index (χ3v) is 14.9. The molecule has 2 bridgehead atoms. The number of esters is 1. The van der Waals surface area contributed by atoms with Crippen molar-refractivity contribution in [1.82, 2.24) is 0 Å². The molecule has 372 valence electrons. The molecule has 7 aliphatic rings. The van der Waals surface area contributed by atoms with E-state index in [0.29, 0.717) is 43.3 Å². The van der Waals surface area contributed by atoms with E-state index in [2.05, 4.69) is 46.8 Å². The highest BCUT2D eigenvalue weighted by molar-refractivity contribution is 5.78. The second-order valence-electron chi connectivity index (χ2n) is 19.9. The molecular weight excluding hydrogens is 853 g/mol. The van der Waals surface area contributed by atoms with Crippen LogP contribution < -0.4 is 0 Å². The van der Waals surface area contributed by atoms with Gasteiger partial charge in [0.15, 0.2) is 18.4 Å². The Hall–Kier alpha value is -2.35. The molecule has 2 N–H and O–H groups in total. The molecule has 0 aromatic rings. The van der Waals surface area contributed by atoms with Gasteiger partial charge in [0.05, 0.1) is 49.3 Å². The summed E-state index contributed by atoms with van der Waals surface area (Å²) < 4.78 is 75.7. The molecule has 4 fully saturated rings. The molecule has 15 heteroatoms. The fraction of sp³-hybridized carbons (Fsp3) is 0.784. The molecule has 0 radical (unpaired) electrons. The number of allylic oxidation sites excluding steroid dienone is 2. The van der Waals surface area contributed by atoms with E-state index < -0.39 is 72.5 Å². The highest BCUT2D eigenvalue weighted by Crippen LogP contribution is 2.47. The number of aliphatic hydroxyl groups is 2. The summed E-state index contributed by atoms with van der Waals surface area (Å²) >= 11 is 0. The maximum atomic E-state index is 14.4. The number of carbonyl (C=O) groups excluding carboxylic acids is 1. The lowest BCUT2D eigenvalue weighted by molar-refractivity contribution is -0.323. The van der Waals surface area contributed by atoms with Crippen molar-refractivity contribution >= 4 is 5.97 Å². The standard InChI is InChI=1S/C51H78O15/c1-12-14-28(2)45-31(5)19-20-50(66-45)25-37-22-36(65-50)18-17-30(4)44(29(3)15-13-16-35-26-58-48-43(52)32(6)21-38(49(53)62-37)51(35,48)54)63-41-24-40(57-11)47(34(8)61-41)64-42-23-39(56-10)46(33(7)60-42)59-27-55-9/h13,15-17,19-21,28-29,31,33-34,36-48,52,54H,12,14,18,22-27H2,1-11H3/t28?,29?,31-,33-,34-,36+,37-,38-,39-,40-,41?,42-,43+,44-,45+,46+,47-,48+,50+,51+/m0/s1. The zero-order valence-corrected chi connectivity index (χ0v) is 41.0. The minimum atomic E-state index is -1.84. The summed E-state index contributed by atoms with van der Waals surface area (Å²) in [5.41, 5.74) is 0.148. The quantitative estimate of drug-likeness (QED) is 0.125. The molecule has 7 rings (SSSR count). The average molecular weight is 931 g/mol. The summed E-state index contributed by atoms with van der Waals surface area (Å²) in [4.78, 5) is 14.4. The van der Waals surface area contributed by atoms with Crippen LogP contribution >= 0.6 is 0 Å². The van der Waals surface area contributed by atoms with Crippen LogP contribution in [0.25, 0.3) is 0 Å². The summed E-state index contributed by atoms with van der Waals surface area (Å²) in [5, 5.41) is 23.8. The van der Waals surface area contributed by atoms with Gasteiger partial charge in [-0.25, -0.2) is 0 Å². The minimum Gasteiger partial charge on any atom is -0.462 e. The van der Waals surface area contributed by atoms with Crippen LogP contribution in [0.3, 0.4) is 0 Å². The first-order valence-corrected chi connectivity index (χ1v) is 24.3.